The first-order valence-corrected chi connectivity index (χ1v) is 6.24. The third-order valence-corrected chi connectivity index (χ3v) is 2.78. The van der Waals surface area contributed by atoms with E-state index in [0.717, 1.165) is 24.5 Å². The molecule has 6 heteroatoms. The number of pyridine rings is 1. The molecule has 0 saturated carbocycles. The quantitative estimate of drug-likeness (QED) is 0.899. The van der Waals surface area contributed by atoms with Gasteiger partial charge in [0.15, 0.2) is 5.82 Å². The first-order chi connectivity index (χ1) is 8.66. The molecule has 2 rings (SSSR count). The molecule has 0 spiro atoms. The fourth-order valence-corrected chi connectivity index (χ4v) is 1.72. The monoisotopic (exact) mass is 265 g/mol. The van der Waals surface area contributed by atoms with Gasteiger partial charge in [0, 0.05) is 12.7 Å². The highest BCUT2D eigenvalue weighted by atomic mass is 35.5. The van der Waals surface area contributed by atoms with Crippen LogP contribution in [-0.2, 0) is 6.54 Å². The van der Waals surface area contributed by atoms with E-state index in [-0.39, 0.29) is 0 Å². The van der Waals surface area contributed by atoms with Crippen LogP contribution < -0.4 is 5.32 Å². The van der Waals surface area contributed by atoms with Gasteiger partial charge >= 0.3 is 0 Å². The van der Waals surface area contributed by atoms with E-state index >= 15 is 0 Å². The third-order valence-electron chi connectivity index (χ3n) is 2.44. The van der Waals surface area contributed by atoms with E-state index < -0.39 is 0 Å². The Morgan fingerprint density at radius 1 is 1.44 bits per heavy atom. The van der Waals surface area contributed by atoms with Crippen molar-refractivity contribution in [3.63, 3.8) is 0 Å². The van der Waals surface area contributed by atoms with Gasteiger partial charge in [-0.15, -0.1) is 0 Å². The molecule has 96 valence electrons. The Morgan fingerprint density at radius 3 is 2.94 bits per heavy atom. The summed E-state index contributed by atoms with van der Waals surface area (Å²) in [7, 11) is 0. The molecule has 0 radical (unpaired) electrons. The van der Waals surface area contributed by atoms with Crippen molar-refractivity contribution in [2.24, 2.45) is 5.92 Å². The number of nitrogens with one attached hydrogen (secondary N) is 1. The second-order valence-electron chi connectivity index (χ2n) is 4.50. The molecule has 0 unspecified atom stereocenters. The van der Waals surface area contributed by atoms with Crippen molar-refractivity contribution in [2.75, 3.05) is 6.54 Å². The average molecular weight is 266 g/mol. The van der Waals surface area contributed by atoms with Crippen LogP contribution in [0.1, 0.15) is 19.4 Å². The van der Waals surface area contributed by atoms with Gasteiger partial charge in [0.2, 0.25) is 0 Å². The van der Waals surface area contributed by atoms with E-state index in [4.69, 9.17) is 11.6 Å². The largest absolute Gasteiger partial charge is 0.312 e. The molecule has 0 aliphatic carbocycles. The standard InChI is InChI=1S/C12H16ClN5/c1-9(2)4-14-5-10-3-12(16-6-11(10)13)18-8-15-7-17-18/h3,6-9,14H,4-5H2,1-2H3. The molecular weight excluding hydrogens is 250 g/mol. The fraction of sp³-hybridized carbons (Fsp3) is 0.417. The molecule has 0 aliphatic heterocycles. The van der Waals surface area contributed by atoms with Gasteiger partial charge in [0.25, 0.3) is 0 Å². The van der Waals surface area contributed by atoms with Gasteiger partial charge in [-0.25, -0.2) is 14.6 Å². The van der Waals surface area contributed by atoms with Crippen LogP contribution in [-0.4, -0.2) is 26.3 Å². The number of halogens is 1. The van der Waals surface area contributed by atoms with Crippen molar-refractivity contribution in [2.45, 2.75) is 20.4 Å². The molecule has 0 aromatic carbocycles. The third kappa shape index (κ3) is 3.27. The lowest BCUT2D eigenvalue weighted by atomic mass is 10.2. The summed E-state index contributed by atoms with van der Waals surface area (Å²) < 4.78 is 1.61. The highest BCUT2D eigenvalue weighted by Crippen LogP contribution is 2.16. The molecule has 2 aromatic rings. The number of hydrogen-bond donors (Lipinski definition) is 1. The highest BCUT2D eigenvalue weighted by Gasteiger charge is 2.05. The Morgan fingerprint density at radius 2 is 2.28 bits per heavy atom. The van der Waals surface area contributed by atoms with Crippen LogP contribution in [0.2, 0.25) is 5.02 Å². The molecule has 0 bridgehead atoms. The smallest absolute Gasteiger partial charge is 0.155 e. The van der Waals surface area contributed by atoms with Crippen molar-refractivity contribution in [3.05, 3.63) is 35.5 Å². The van der Waals surface area contributed by atoms with Gasteiger partial charge in [0.05, 0.1) is 5.02 Å². The zero-order valence-corrected chi connectivity index (χ0v) is 11.2. The summed E-state index contributed by atoms with van der Waals surface area (Å²) >= 11 is 6.13. The number of aromatic nitrogens is 4. The predicted molar refractivity (Wildman–Crippen MR) is 70.7 cm³/mol. The van der Waals surface area contributed by atoms with Crippen LogP contribution in [0.4, 0.5) is 0 Å². The maximum absolute atomic E-state index is 6.13. The minimum Gasteiger partial charge on any atom is -0.312 e. The van der Waals surface area contributed by atoms with E-state index in [0.29, 0.717) is 10.9 Å². The number of rotatable bonds is 5. The second kappa shape index (κ2) is 5.93. The van der Waals surface area contributed by atoms with Crippen molar-refractivity contribution < 1.29 is 0 Å². The second-order valence-corrected chi connectivity index (χ2v) is 4.91. The lowest BCUT2D eigenvalue weighted by molar-refractivity contribution is 0.552. The molecule has 2 aromatic heterocycles. The summed E-state index contributed by atoms with van der Waals surface area (Å²) in [6.45, 7) is 6.02. The Kier molecular flexibility index (Phi) is 4.28. The molecule has 1 N–H and O–H groups in total. The maximum Gasteiger partial charge on any atom is 0.155 e. The van der Waals surface area contributed by atoms with Crippen molar-refractivity contribution >= 4 is 11.6 Å². The van der Waals surface area contributed by atoms with Crippen LogP contribution in [0.15, 0.2) is 24.9 Å². The topological polar surface area (TPSA) is 55.6 Å². The molecule has 0 amide bonds. The van der Waals surface area contributed by atoms with Gasteiger partial charge in [-0.3, -0.25) is 0 Å². The fourth-order valence-electron chi connectivity index (χ4n) is 1.55. The molecule has 0 atom stereocenters. The van der Waals surface area contributed by atoms with Gasteiger partial charge in [0.1, 0.15) is 12.7 Å². The lowest BCUT2D eigenvalue weighted by Gasteiger charge is -2.09. The summed E-state index contributed by atoms with van der Waals surface area (Å²) in [5, 5.41) is 8.06. The highest BCUT2D eigenvalue weighted by molar-refractivity contribution is 6.31. The molecule has 2 heterocycles. The van der Waals surface area contributed by atoms with Crippen LogP contribution >= 0.6 is 11.6 Å². The van der Waals surface area contributed by atoms with Crippen LogP contribution in [0.25, 0.3) is 5.82 Å². The van der Waals surface area contributed by atoms with Crippen molar-refractivity contribution in [3.8, 4) is 5.82 Å². The molecule has 0 saturated heterocycles. The first kappa shape index (κ1) is 13.0. The van der Waals surface area contributed by atoms with Gasteiger partial charge in [-0.1, -0.05) is 25.4 Å². The molecule has 18 heavy (non-hydrogen) atoms. The lowest BCUT2D eigenvalue weighted by Crippen LogP contribution is -2.19. The summed E-state index contributed by atoms with van der Waals surface area (Å²) in [6, 6.07) is 1.92. The van der Waals surface area contributed by atoms with Crippen LogP contribution in [0.5, 0.6) is 0 Å². The molecular formula is C12H16ClN5. The summed E-state index contributed by atoms with van der Waals surface area (Å²) in [5.74, 6) is 1.33. The summed E-state index contributed by atoms with van der Waals surface area (Å²) in [5.41, 5.74) is 1.01. The van der Waals surface area contributed by atoms with Gasteiger partial charge < -0.3 is 5.32 Å². The number of nitrogens with zero attached hydrogens (tertiary/aromatic N) is 4. The van der Waals surface area contributed by atoms with Crippen molar-refractivity contribution in [1.29, 1.82) is 0 Å². The Hall–Kier alpha value is -1.46. The SMILES string of the molecule is CC(C)CNCc1cc(-n2cncn2)ncc1Cl. The molecule has 5 nitrogen and oxygen atoms in total. The van der Waals surface area contributed by atoms with E-state index in [2.05, 4.69) is 34.2 Å². The van der Waals surface area contributed by atoms with E-state index in [1.54, 1.807) is 17.2 Å². The van der Waals surface area contributed by atoms with Crippen LogP contribution in [0.3, 0.4) is 0 Å². The number of hydrogen-bond acceptors (Lipinski definition) is 4. The molecule has 0 aliphatic rings. The average Bonchev–Trinajstić information content (AvgIpc) is 2.84. The van der Waals surface area contributed by atoms with E-state index in [9.17, 15) is 0 Å². The zero-order chi connectivity index (χ0) is 13.0. The minimum absolute atomic E-state index is 0.611. The summed E-state index contributed by atoms with van der Waals surface area (Å²) in [4.78, 5) is 8.12. The Bertz CT molecular complexity index is 495. The van der Waals surface area contributed by atoms with Gasteiger partial charge in [-0.05, 0) is 24.1 Å². The summed E-state index contributed by atoms with van der Waals surface area (Å²) in [6.07, 6.45) is 4.74. The Labute approximate surface area is 111 Å². The maximum atomic E-state index is 6.13. The van der Waals surface area contributed by atoms with Gasteiger partial charge in [-0.2, -0.15) is 5.10 Å². The van der Waals surface area contributed by atoms with E-state index in [1.165, 1.54) is 6.33 Å². The zero-order valence-electron chi connectivity index (χ0n) is 10.5. The van der Waals surface area contributed by atoms with E-state index in [1.807, 2.05) is 6.07 Å². The molecule has 0 fully saturated rings. The van der Waals surface area contributed by atoms with Crippen molar-refractivity contribution in [1.82, 2.24) is 25.1 Å². The Balaban J connectivity index is 2.12. The predicted octanol–water partition coefficient (Wildman–Crippen LogP) is 2.06. The first-order valence-electron chi connectivity index (χ1n) is 5.87. The minimum atomic E-state index is 0.611. The van der Waals surface area contributed by atoms with Crippen LogP contribution in [0, 0.1) is 5.92 Å². The normalized spacial score (nSPS) is 11.1.